The van der Waals surface area contributed by atoms with Crippen LogP contribution in [-0.2, 0) is 29.9 Å². The Morgan fingerprint density at radius 1 is 1.20 bits per heavy atom. The Kier molecular flexibility index (Phi) is 4.86. The van der Waals surface area contributed by atoms with Gasteiger partial charge in [0.25, 0.3) is 5.91 Å². The number of hydrogen-bond donors (Lipinski definition) is 0. The molecule has 1 aliphatic heterocycles. The lowest BCUT2D eigenvalue weighted by Gasteiger charge is -2.31. The maximum Gasteiger partial charge on any atom is 0.272 e. The van der Waals surface area contributed by atoms with E-state index in [1.165, 1.54) is 0 Å². The molecule has 0 bridgehead atoms. The van der Waals surface area contributed by atoms with Crippen molar-refractivity contribution in [1.82, 2.24) is 29.7 Å². The number of aryl methyl sites for hydroxylation is 1. The van der Waals surface area contributed by atoms with E-state index < -0.39 is 14.6 Å². The highest BCUT2D eigenvalue weighted by Gasteiger charge is 2.60. The highest BCUT2D eigenvalue weighted by atomic mass is 32.2. The molecule has 0 atom stereocenters. The molecule has 180 valence electrons. The third-order valence-corrected chi connectivity index (χ3v) is 10.4. The third-order valence-electron chi connectivity index (χ3n) is 7.33. The lowest BCUT2D eigenvalue weighted by molar-refractivity contribution is 0.0724. The molecule has 0 saturated heterocycles. The first-order valence-corrected chi connectivity index (χ1v) is 13.3. The van der Waals surface area contributed by atoms with E-state index in [-0.39, 0.29) is 17.7 Å². The van der Waals surface area contributed by atoms with Gasteiger partial charge in [0.1, 0.15) is 17.1 Å². The summed E-state index contributed by atoms with van der Waals surface area (Å²) in [5.74, 6) is -0.172. The summed E-state index contributed by atoms with van der Waals surface area (Å²) in [4.78, 5) is 15.1. The fraction of sp³-hybridized carbons (Fsp3) is 0.458. The first kappa shape index (κ1) is 22.0. The molecule has 2 aromatic heterocycles. The zero-order valence-corrected chi connectivity index (χ0v) is 20.2. The predicted molar refractivity (Wildman–Crippen MR) is 126 cm³/mol. The summed E-state index contributed by atoms with van der Waals surface area (Å²) >= 11 is 0. The summed E-state index contributed by atoms with van der Waals surface area (Å²) in [5.41, 5.74) is 4.13. The molecule has 1 amide bonds. The summed E-state index contributed by atoms with van der Waals surface area (Å²) in [5, 5.41) is 21.8. The number of nitriles is 1. The maximum atomic E-state index is 13.4. The lowest BCUT2D eigenvalue weighted by Crippen LogP contribution is -2.46. The third kappa shape index (κ3) is 3.63. The molecule has 3 heterocycles. The van der Waals surface area contributed by atoms with Crippen LogP contribution in [0.1, 0.15) is 52.9 Å². The minimum atomic E-state index is -3.18. The fourth-order valence-corrected chi connectivity index (χ4v) is 7.51. The molecule has 6 rings (SSSR count). The van der Waals surface area contributed by atoms with Crippen LogP contribution in [0, 0.1) is 11.3 Å². The average Bonchev–Trinajstić information content (AvgIpc) is 3.77. The van der Waals surface area contributed by atoms with Crippen LogP contribution in [0.3, 0.4) is 0 Å². The number of rotatable bonds is 7. The van der Waals surface area contributed by atoms with Gasteiger partial charge in [-0.25, -0.2) is 13.1 Å². The van der Waals surface area contributed by atoms with Crippen LogP contribution < -0.4 is 0 Å². The Bertz CT molecular complexity index is 1470. The second-order valence-electron chi connectivity index (χ2n) is 9.81. The van der Waals surface area contributed by atoms with E-state index in [0.717, 1.165) is 24.0 Å². The predicted octanol–water partition coefficient (Wildman–Crippen LogP) is 1.71. The zero-order chi connectivity index (χ0) is 24.4. The van der Waals surface area contributed by atoms with E-state index in [9.17, 15) is 13.2 Å². The molecule has 2 saturated carbocycles. The number of carbonyl (C=O) groups is 1. The number of sulfone groups is 1. The van der Waals surface area contributed by atoms with E-state index in [2.05, 4.69) is 21.5 Å². The number of hydrogen-bond acceptors (Lipinski definition) is 7. The fourth-order valence-electron chi connectivity index (χ4n) is 5.03. The monoisotopic (exact) mass is 491 g/mol. The van der Waals surface area contributed by atoms with E-state index in [4.69, 9.17) is 5.26 Å². The smallest absolute Gasteiger partial charge is 0.272 e. The minimum Gasteiger partial charge on any atom is -0.335 e. The van der Waals surface area contributed by atoms with Crippen molar-refractivity contribution < 1.29 is 13.2 Å². The van der Waals surface area contributed by atoms with Gasteiger partial charge >= 0.3 is 0 Å². The molecule has 10 nitrogen and oxygen atoms in total. The van der Waals surface area contributed by atoms with Crippen molar-refractivity contribution in [2.75, 3.05) is 13.1 Å². The van der Waals surface area contributed by atoms with Crippen LogP contribution in [0.4, 0.5) is 0 Å². The molecular formula is C24H25N7O3S. The van der Waals surface area contributed by atoms with Crippen molar-refractivity contribution in [2.45, 2.75) is 48.6 Å². The first-order chi connectivity index (χ1) is 16.8. The summed E-state index contributed by atoms with van der Waals surface area (Å²) in [6, 6.07) is 9.40. The molecule has 0 N–H and O–H groups in total. The van der Waals surface area contributed by atoms with Crippen LogP contribution in [0.25, 0.3) is 11.4 Å². The molecule has 0 radical (unpaired) electrons. The molecule has 3 aliphatic rings. The number of aromatic nitrogens is 5. The van der Waals surface area contributed by atoms with Gasteiger partial charge in [-0.05, 0) is 49.8 Å². The second-order valence-corrected chi connectivity index (χ2v) is 12.4. The number of carbonyl (C=O) groups excluding carboxylic acids is 1. The molecule has 3 aromatic rings. The number of benzene rings is 1. The summed E-state index contributed by atoms with van der Waals surface area (Å²) in [6.45, 7) is 1.23. The molecule has 1 aromatic carbocycles. The van der Waals surface area contributed by atoms with Crippen LogP contribution in [-0.4, -0.2) is 67.1 Å². The molecular weight excluding hydrogens is 466 g/mol. The van der Waals surface area contributed by atoms with Gasteiger partial charge in [0.2, 0.25) is 0 Å². The lowest BCUT2D eigenvalue weighted by atomic mass is 10.0. The van der Waals surface area contributed by atoms with Gasteiger partial charge in [0.15, 0.2) is 9.84 Å². The first-order valence-electron chi connectivity index (χ1n) is 11.8. The Balaban J connectivity index is 1.22. The van der Waals surface area contributed by atoms with Gasteiger partial charge in [-0.3, -0.25) is 9.48 Å². The average molecular weight is 492 g/mol. The van der Waals surface area contributed by atoms with Gasteiger partial charge in [-0.2, -0.15) is 10.4 Å². The quantitative estimate of drug-likeness (QED) is 0.492. The molecule has 35 heavy (non-hydrogen) atoms. The van der Waals surface area contributed by atoms with E-state index >= 15 is 0 Å². The molecule has 11 heteroatoms. The van der Waals surface area contributed by atoms with Crippen molar-refractivity contribution in [3.8, 4) is 17.5 Å². The van der Waals surface area contributed by atoms with E-state index in [0.29, 0.717) is 55.0 Å². The van der Waals surface area contributed by atoms with Crippen molar-refractivity contribution in [3.63, 3.8) is 0 Å². The SMILES string of the molecule is Cn1nc(-c2cn(Cc3ccc(C#N)cc3)nn2)c2c1C(=O)N(CC1(S(=O)(=O)C3CC3)CC1)CC2. The zero-order valence-electron chi connectivity index (χ0n) is 19.4. The van der Waals surface area contributed by atoms with Gasteiger partial charge in [0.05, 0.1) is 34.4 Å². The Labute approximate surface area is 203 Å². The molecule has 2 aliphatic carbocycles. The highest BCUT2D eigenvalue weighted by Crippen LogP contribution is 2.51. The van der Waals surface area contributed by atoms with Gasteiger partial charge in [-0.15, -0.1) is 5.10 Å². The molecule has 0 unspecified atom stereocenters. The maximum absolute atomic E-state index is 13.4. The van der Waals surface area contributed by atoms with Gasteiger partial charge in [-0.1, -0.05) is 17.3 Å². The topological polar surface area (TPSA) is 127 Å². The summed E-state index contributed by atoms with van der Waals surface area (Å²) in [6.07, 6.45) is 5.17. The number of fused-ring (bicyclic) bond motifs is 1. The Morgan fingerprint density at radius 2 is 1.94 bits per heavy atom. The van der Waals surface area contributed by atoms with E-state index in [1.807, 2.05) is 12.1 Å². The van der Waals surface area contributed by atoms with Crippen molar-refractivity contribution >= 4 is 15.7 Å². The van der Waals surface area contributed by atoms with Crippen LogP contribution in [0.2, 0.25) is 0 Å². The largest absolute Gasteiger partial charge is 0.335 e. The Hall–Kier alpha value is -3.52. The molecule has 0 spiro atoms. The minimum absolute atomic E-state index is 0.172. The van der Waals surface area contributed by atoms with Crippen molar-refractivity contribution in [3.05, 3.63) is 52.8 Å². The van der Waals surface area contributed by atoms with Crippen molar-refractivity contribution in [1.29, 1.82) is 5.26 Å². The second kappa shape index (κ2) is 7.75. The normalized spacial score (nSPS) is 18.9. The summed E-state index contributed by atoms with van der Waals surface area (Å²) < 4.78 is 28.4. The van der Waals surface area contributed by atoms with Crippen LogP contribution >= 0.6 is 0 Å². The van der Waals surface area contributed by atoms with Crippen molar-refractivity contribution in [2.24, 2.45) is 7.05 Å². The molecule has 2 fully saturated rings. The van der Waals surface area contributed by atoms with Gasteiger partial charge in [0, 0.05) is 25.7 Å². The van der Waals surface area contributed by atoms with Gasteiger partial charge < -0.3 is 4.90 Å². The Morgan fingerprint density at radius 3 is 2.60 bits per heavy atom. The standard InChI is InChI=1S/C24H25N7O3S/c1-29-22-19(8-11-30(23(22)32)15-24(9-10-24)35(33,34)18-6-7-18)21(27-29)20-14-31(28-26-20)13-17-4-2-16(12-25)3-5-17/h2-5,14,18H,6-11,13,15H2,1H3. The van der Waals surface area contributed by atoms with E-state index in [1.54, 1.807) is 39.6 Å². The van der Waals surface area contributed by atoms with Crippen LogP contribution in [0.15, 0.2) is 30.5 Å². The number of amides is 1. The summed E-state index contributed by atoms with van der Waals surface area (Å²) in [7, 11) is -1.45. The number of nitrogens with zero attached hydrogens (tertiary/aromatic N) is 7. The van der Waals surface area contributed by atoms with Crippen LogP contribution in [0.5, 0.6) is 0 Å². The highest BCUT2D eigenvalue weighted by molar-refractivity contribution is 7.94.